The first kappa shape index (κ1) is 16.6. The molecule has 5 fully saturated rings. The number of fused-ring (bicyclic) bond motifs is 3. The van der Waals surface area contributed by atoms with Gasteiger partial charge in [0.2, 0.25) is 0 Å². The zero-order valence-corrected chi connectivity index (χ0v) is 15.9. The first-order chi connectivity index (χ1) is 13.1. The van der Waals surface area contributed by atoms with Crippen LogP contribution in [0.5, 0.6) is 0 Å². The van der Waals surface area contributed by atoms with Crippen molar-refractivity contribution in [2.24, 2.45) is 0 Å². The summed E-state index contributed by atoms with van der Waals surface area (Å²) in [5.74, 6) is 0.00500. The highest BCUT2D eigenvalue weighted by Crippen LogP contribution is 2.68. The summed E-state index contributed by atoms with van der Waals surface area (Å²) < 4.78 is 10.8. The fourth-order valence-corrected chi connectivity index (χ4v) is 9.02. The minimum atomic E-state index is -0.792. The minimum Gasteiger partial charge on any atom is -0.473 e. The summed E-state index contributed by atoms with van der Waals surface area (Å²) in [6, 6.07) is -0.662. The fourth-order valence-electron chi connectivity index (χ4n) is 5.23. The van der Waals surface area contributed by atoms with Gasteiger partial charge in [0.05, 0.1) is 49.3 Å². The lowest BCUT2D eigenvalue weighted by Gasteiger charge is -2.59. The maximum absolute atomic E-state index is 13.8. The van der Waals surface area contributed by atoms with E-state index in [1.807, 2.05) is 4.90 Å². The van der Waals surface area contributed by atoms with Gasteiger partial charge in [-0.15, -0.1) is 0 Å². The molecule has 0 aromatic carbocycles. The average Bonchev–Trinajstić information content (AvgIpc) is 3.01. The van der Waals surface area contributed by atoms with Crippen molar-refractivity contribution in [3.8, 4) is 0 Å². The smallest absolute Gasteiger partial charge is 0.256 e. The number of piperazine rings is 1. The van der Waals surface area contributed by atoms with E-state index in [0.717, 1.165) is 11.1 Å². The molecular formula is C18H18N2O5S2. The number of amides is 1. The highest BCUT2D eigenvalue weighted by molar-refractivity contribution is 8.78. The van der Waals surface area contributed by atoms with Gasteiger partial charge in [-0.05, 0) is 23.3 Å². The van der Waals surface area contributed by atoms with Gasteiger partial charge in [-0.25, -0.2) is 0 Å². The van der Waals surface area contributed by atoms with Crippen molar-refractivity contribution in [3.05, 3.63) is 48.3 Å². The monoisotopic (exact) mass is 406 g/mol. The van der Waals surface area contributed by atoms with Crippen molar-refractivity contribution < 1.29 is 24.5 Å². The standard InChI is InChI=1S/C18H18N2O5S2/c21-12-1-3-25-8-11-6-18-16(23)20-15-10(7-24-4-2-13(15)22)5-17(20,26-27-18)9-19(18)14(11)12/h1-4,7-8,12-15,21-22H,5-6,9H2/t12-,13-,14-,15-,17+,18+/m0/s1. The predicted molar refractivity (Wildman–Crippen MR) is 99.6 cm³/mol. The van der Waals surface area contributed by atoms with Crippen LogP contribution in [-0.4, -0.2) is 66.5 Å². The molecule has 7 heterocycles. The third-order valence-electron chi connectivity index (χ3n) is 6.30. The molecule has 0 radical (unpaired) electrons. The molecule has 7 aliphatic rings. The van der Waals surface area contributed by atoms with E-state index in [9.17, 15) is 15.0 Å². The minimum absolute atomic E-state index is 0.00500. The van der Waals surface area contributed by atoms with Gasteiger partial charge in [0.1, 0.15) is 4.87 Å². The lowest BCUT2D eigenvalue weighted by molar-refractivity contribution is -0.153. The Kier molecular flexibility index (Phi) is 3.28. The first-order valence-electron chi connectivity index (χ1n) is 8.91. The molecule has 0 saturated carbocycles. The van der Waals surface area contributed by atoms with Crippen LogP contribution in [0.3, 0.4) is 0 Å². The third kappa shape index (κ3) is 1.94. The topological polar surface area (TPSA) is 82.5 Å². The second-order valence-electron chi connectivity index (χ2n) is 7.74. The Morgan fingerprint density at radius 1 is 1.00 bits per heavy atom. The Hall–Kier alpha value is -1.39. The molecule has 2 bridgehead atoms. The van der Waals surface area contributed by atoms with Crippen molar-refractivity contribution in [3.63, 3.8) is 0 Å². The Morgan fingerprint density at radius 3 is 2.41 bits per heavy atom. The van der Waals surface area contributed by atoms with Crippen LogP contribution >= 0.6 is 21.6 Å². The molecule has 0 aromatic heterocycles. The Bertz CT molecular complexity index is 851. The van der Waals surface area contributed by atoms with Crippen LogP contribution in [-0.2, 0) is 14.3 Å². The zero-order chi connectivity index (χ0) is 18.4. The lowest BCUT2D eigenvalue weighted by Crippen LogP contribution is -2.74. The summed E-state index contributed by atoms with van der Waals surface area (Å²) in [6.45, 7) is 0.633. The van der Waals surface area contributed by atoms with E-state index < -0.39 is 28.0 Å². The molecule has 2 spiro atoms. The molecule has 0 unspecified atom stereocenters. The molecule has 27 heavy (non-hydrogen) atoms. The van der Waals surface area contributed by atoms with Crippen LogP contribution in [0.15, 0.2) is 48.3 Å². The van der Waals surface area contributed by atoms with Gasteiger partial charge in [0.15, 0.2) is 4.87 Å². The van der Waals surface area contributed by atoms with Gasteiger partial charge in [-0.2, -0.15) is 0 Å². The largest absolute Gasteiger partial charge is 0.473 e. The third-order valence-corrected chi connectivity index (χ3v) is 10.0. The number of hydrogen-bond donors (Lipinski definition) is 2. The molecule has 142 valence electrons. The fraction of sp³-hybridized carbons (Fsp3) is 0.500. The number of nitrogens with zero attached hydrogens (tertiary/aromatic N) is 2. The number of hydrogen-bond acceptors (Lipinski definition) is 8. The van der Waals surface area contributed by atoms with Gasteiger partial charge in [0, 0.05) is 19.4 Å². The van der Waals surface area contributed by atoms with Crippen molar-refractivity contribution in [2.75, 3.05) is 6.54 Å². The Labute approximate surface area is 163 Å². The molecule has 1 amide bonds. The molecular weight excluding hydrogens is 388 g/mol. The van der Waals surface area contributed by atoms with Crippen LogP contribution in [0.25, 0.3) is 0 Å². The molecule has 7 nitrogen and oxygen atoms in total. The van der Waals surface area contributed by atoms with E-state index in [1.165, 1.54) is 12.5 Å². The number of aliphatic hydroxyl groups excluding tert-OH is 2. The van der Waals surface area contributed by atoms with Gasteiger partial charge < -0.3 is 24.6 Å². The highest BCUT2D eigenvalue weighted by Gasteiger charge is 2.73. The predicted octanol–water partition coefficient (Wildman–Crippen LogP) is 1.04. The second kappa shape index (κ2) is 5.36. The molecule has 5 saturated heterocycles. The summed E-state index contributed by atoms with van der Waals surface area (Å²) in [7, 11) is 3.29. The summed E-state index contributed by atoms with van der Waals surface area (Å²) in [5.41, 5.74) is 1.88. The van der Waals surface area contributed by atoms with Gasteiger partial charge >= 0.3 is 0 Å². The van der Waals surface area contributed by atoms with E-state index in [2.05, 4.69) is 4.90 Å². The van der Waals surface area contributed by atoms with E-state index in [1.54, 1.807) is 46.3 Å². The summed E-state index contributed by atoms with van der Waals surface area (Å²) in [4.78, 5) is 16.6. The van der Waals surface area contributed by atoms with Crippen LogP contribution in [0.1, 0.15) is 12.8 Å². The number of rotatable bonds is 0. The van der Waals surface area contributed by atoms with E-state index >= 15 is 0 Å². The summed E-state index contributed by atoms with van der Waals surface area (Å²) in [5, 5.41) is 21.3. The summed E-state index contributed by atoms with van der Waals surface area (Å²) in [6.07, 6.45) is 9.18. The molecule has 6 atom stereocenters. The molecule has 0 aliphatic carbocycles. The average molecular weight is 406 g/mol. The molecule has 7 rings (SSSR count). The van der Waals surface area contributed by atoms with Gasteiger partial charge in [-0.1, -0.05) is 21.6 Å². The number of aliphatic hydroxyl groups is 2. The maximum atomic E-state index is 13.8. The van der Waals surface area contributed by atoms with E-state index in [0.29, 0.717) is 19.4 Å². The van der Waals surface area contributed by atoms with Gasteiger partial charge in [-0.3, -0.25) is 9.69 Å². The van der Waals surface area contributed by atoms with E-state index in [-0.39, 0.29) is 11.9 Å². The van der Waals surface area contributed by atoms with Crippen molar-refractivity contribution in [1.82, 2.24) is 9.80 Å². The molecule has 2 N–H and O–H groups in total. The quantitative estimate of drug-likeness (QED) is 0.578. The second-order valence-corrected chi connectivity index (χ2v) is 10.5. The van der Waals surface area contributed by atoms with E-state index in [4.69, 9.17) is 9.47 Å². The zero-order valence-electron chi connectivity index (χ0n) is 14.2. The van der Waals surface area contributed by atoms with Gasteiger partial charge in [0.25, 0.3) is 5.91 Å². The molecule has 0 aromatic rings. The van der Waals surface area contributed by atoms with Crippen LogP contribution in [0.2, 0.25) is 0 Å². The van der Waals surface area contributed by atoms with Crippen molar-refractivity contribution in [1.29, 1.82) is 0 Å². The highest BCUT2D eigenvalue weighted by atomic mass is 33.1. The van der Waals surface area contributed by atoms with Crippen molar-refractivity contribution >= 4 is 27.5 Å². The maximum Gasteiger partial charge on any atom is 0.256 e. The number of ether oxygens (including phenoxy) is 2. The lowest BCUT2D eigenvalue weighted by atomic mass is 10.0. The number of carbonyl (C=O) groups is 1. The normalized spacial score (nSPS) is 47.0. The Morgan fingerprint density at radius 2 is 1.67 bits per heavy atom. The van der Waals surface area contributed by atoms with Crippen LogP contribution < -0.4 is 0 Å². The number of carbonyl (C=O) groups excluding carboxylic acids is 1. The molecule has 9 heteroatoms. The first-order valence-corrected chi connectivity index (χ1v) is 11.1. The van der Waals surface area contributed by atoms with Crippen LogP contribution in [0.4, 0.5) is 0 Å². The Balaban J connectivity index is 1.47. The van der Waals surface area contributed by atoms with Crippen LogP contribution in [0, 0.1) is 0 Å². The van der Waals surface area contributed by atoms with Crippen molar-refractivity contribution in [2.45, 2.75) is 46.9 Å². The molecule has 7 aliphatic heterocycles. The summed E-state index contributed by atoms with van der Waals surface area (Å²) >= 11 is 0. The SMILES string of the molecule is O=C1N2[C@H]3C(=COC=C[C@@H]3O)C[C@@]23CN2[C@H]4C(=COC=C[C@@H]4O)C[C@@]12SS3.